The van der Waals surface area contributed by atoms with Gasteiger partial charge in [-0.05, 0) is 43.6 Å². The summed E-state index contributed by atoms with van der Waals surface area (Å²) in [6.45, 7) is 2.45. The summed E-state index contributed by atoms with van der Waals surface area (Å²) in [5.74, 6) is 0.711. The molecule has 0 spiro atoms. The number of sulfone groups is 1. The lowest BCUT2D eigenvalue weighted by Crippen LogP contribution is -2.42. The molecule has 152 valence electrons. The highest BCUT2D eigenvalue weighted by Gasteiger charge is 2.25. The smallest absolute Gasteiger partial charge is 0.314 e. The van der Waals surface area contributed by atoms with Gasteiger partial charge in [0.2, 0.25) is 0 Å². The highest BCUT2D eigenvalue weighted by Crippen LogP contribution is 2.24. The van der Waals surface area contributed by atoms with Gasteiger partial charge in [-0.25, -0.2) is 13.2 Å². The first-order valence-corrected chi connectivity index (χ1v) is 11.4. The Hall–Kier alpha value is -2.32. The van der Waals surface area contributed by atoms with Gasteiger partial charge in [0.1, 0.15) is 5.76 Å². The fraction of sp³-hybridized carbons (Fsp3) is 0.450. The maximum atomic E-state index is 12.2. The molecule has 1 aromatic carbocycles. The van der Waals surface area contributed by atoms with Crippen molar-refractivity contribution in [3.8, 4) is 0 Å². The van der Waals surface area contributed by atoms with E-state index in [1.165, 1.54) is 0 Å². The van der Waals surface area contributed by atoms with Gasteiger partial charge in [0.05, 0.1) is 23.8 Å². The van der Waals surface area contributed by atoms with E-state index in [1.54, 1.807) is 18.4 Å². The van der Waals surface area contributed by atoms with E-state index in [0.717, 1.165) is 37.3 Å². The lowest BCUT2D eigenvalue weighted by Gasteiger charge is -2.26. The van der Waals surface area contributed by atoms with Crippen LogP contribution in [0.25, 0.3) is 0 Å². The molecule has 2 heterocycles. The third kappa shape index (κ3) is 6.10. The van der Waals surface area contributed by atoms with Crippen molar-refractivity contribution in [2.45, 2.75) is 24.6 Å². The molecule has 0 unspecified atom stereocenters. The van der Waals surface area contributed by atoms with E-state index in [2.05, 4.69) is 15.5 Å². The Morgan fingerprint density at radius 3 is 2.50 bits per heavy atom. The number of carbonyl (C=O) groups is 1. The van der Waals surface area contributed by atoms with Crippen molar-refractivity contribution in [1.82, 2.24) is 15.5 Å². The topological polar surface area (TPSA) is 91.6 Å². The van der Waals surface area contributed by atoms with Crippen LogP contribution in [0.4, 0.5) is 4.79 Å². The molecule has 0 bridgehead atoms. The van der Waals surface area contributed by atoms with Crippen LogP contribution in [0.1, 0.15) is 30.2 Å². The molecule has 2 N–H and O–H groups in total. The number of likely N-dealkylation sites (tertiary alicyclic amines) is 1. The molecule has 1 aliphatic rings. The van der Waals surface area contributed by atoms with Crippen LogP contribution in [-0.4, -0.2) is 51.3 Å². The van der Waals surface area contributed by atoms with Crippen LogP contribution in [0.5, 0.6) is 0 Å². The number of nitrogens with zero attached hydrogens (tertiary/aromatic N) is 1. The number of hydrogen-bond donors (Lipinski definition) is 2. The van der Waals surface area contributed by atoms with Crippen molar-refractivity contribution in [3.05, 3.63) is 60.1 Å². The van der Waals surface area contributed by atoms with E-state index in [4.69, 9.17) is 4.42 Å². The standard InChI is InChI=1S/C20H27N3O4S/c24-20(21-10-14-28(25,26)16-17-7-2-1-3-8-17)22-15-18(19-9-6-13-27-19)23-11-4-5-12-23/h1-3,6-9,13,18H,4-5,10-12,14-16H2,(H2,21,22,24)/t18-/m1/s1. The summed E-state index contributed by atoms with van der Waals surface area (Å²) in [6.07, 6.45) is 3.92. The van der Waals surface area contributed by atoms with Crippen molar-refractivity contribution in [3.63, 3.8) is 0 Å². The molecule has 1 atom stereocenters. The number of rotatable bonds is 9. The highest BCUT2D eigenvalue weighted by atomic mass is 32.2. The predicted octanol–water partition coefficient (Wildman–Crippen LogP) is 2.33. The number of carbonyl (C=O) groups excluding carboxylic acids is 1. The minimum absolute atomic E-state index is 0.00920. The summed E-state index contributed by atoms with van der Waals surface area (Å²) >= 11 is 0. The first-order valence-electron chi connectivity index (χ1n) is 9.57. The fourth-order valence-corrected chi connectivity index (χ4v) is 4.67. The molecule has 28 heavy (non-hydrogen) atoms. The third-order valence-corrected chi connectivity index (χ3v) is 6.44. The lowest BCUT2D eigenvalue weighted by molar-refractivity contribution is 0.203. The van der Waals surface area contributed by atoms with Gasteiger partial charge in [0.25, 0.3) is 0 Å². The first kappa shape index (κ1) is 20.4. The van der Waals surface area contributed by atoms with Gasteiger partial charge >= 0.3 is 6.03 Å². The molecule has 0 aliphatic carbocycles. The molecular formula is C20H27N3O4S. The van der Waals surface area contributed by atoms with Gasteiger partial charge in [-0.1, -0.05) is 30.3 Å². The van der Waals surface area contributed by atoms with E-state index < -0.39 is 9.84 Å². The Bertz CT molecular complexity index is 832. The number of urea groups is 1. The van der Waals surface area contributed by atoms with Gasteiger partial charge < -0.3 is 15.1 Å². The normalized spacial score (nSPS) is 16.0. The predicted molar refractivity (Wildman–Crippen MR) is 108 cm³/mol. The molecule has 1 aromatic heterocycles. The summed E-state index contributed by atoms with van der Waals surface area (Å²) in [5, 5.41) is 5.47. The zero-order valence-corrected chi connectivity index (χ0v) is 16.7. The number of hydrogen-bond acceptors (Lipinski definition) is 5. The van der Waals surface area contributed by atoms with E-state index in [-0.39, 0.29) is 30.1 Å². The zero-order valence-electron chi connectivity index (χ0n) is 15.8. The van der Waals surface area contributed by atoms with Crippen molar-refractivity contribution >= 4 is 15.9 Å². The van der Waals surface area contributed by atoms with Crippen LogP contribution in [0.3, 0.4) is 0 Å². The molecule has 2 aromatic rings. The lowest BCUT2D eigenvalue weighted by atomic mass is 10.2. The number of furan rings is 1. The Balaban J connectivity index is 1.43. The second kappa shape index (κ2) is 9.75. The van der Waals surface area contributed by atoms with Gasteiger partial charge in [-0.3, -0.25) is 4.90 Å². The van der Waals surface area contributed by atoms with Gasteiger partial charge in [-0.2, -0.15) is 0 Å². The molecule has 3 rings (SSSR count). The Morgan fingerprint density at radius 1 is 1.07 bits per heavy atom. The Morgan fingerprint density at radius 2 is 1.82 bits per heavy atom. The minimum Gasteiger partial charge on any atom is -0.468 e. The molecule has 1 aliphatic heterocycles. The van der Waals surface area contributed by atoms with Crippen molar-refractivity contribution in [1.29, 1.82) is 0 Å². The Labute approximate surface area is 166 Å². The van der Waals surface area contributed by atoms with Crippen LogP contribution in [-0.2, 0) is 15.6 Å². The average Bonchev–Trinajstić information content (AvgIpc) is 3.37. The SMILES string of the molecule is O=C(NCCS(=O)(=O)Cc1ccccc1)NC[C@H](c1ccco1)N1CCCC1. The first-order chi connectivity index (χ1) is 13.5. The zero-order chi connectivity index (χ0) is 19.8. The number of amides is 2. The molecule has 8 heteroatoms. The van der Waals surface area contributed by atoms with Crippen LogP contribution in [0, 0.1) is 0 Å². The number of nitrogens with one attached hydrogen (secondary N) is 2. The highest BCUT2D eigenvalue weighted by molar-refractivity contribution is 7.90. The number of benzene rings is 1. The van der Waals surface area contributed by atoms with Crippen LogP contribution in [0.2, 0.25) is 0 Å². The third-order valence-electron chi connectivity index (χ3n) is 4.84. The van der Waals surface area contributed by atoms with Gasteiger partial charge in [0.15, 0.2) is 9.84 Å². The summed E-state index contributed by atoms with van der Waals surface area (Å²) in [5.41, 5.74) is 0.749. The van der Waals surface area contributed by atoms with E-state index in [1.807, 2.05) is 30.3 Å². The van der Waals surface area contributed by atoms with Crippen LogP contribution >= 0.6 is 0 Å². The molecule has 1 fully saturated rings. The van der Waals surface area contributed by atoms with Crippen LogP contribution < -0.4 is 10.6 Å². The average molecular weight is 406 g/mol. The summed E-state index contributed by atoms with van der Waals surface area (Å²) in [7, 11) is -3.28. The monoisotopic (exact) mass is 405 g/mol. The molecular weight excluding hydrogens is 378 g/mol. The van der Waals surface area contributed by atoms with Gasteiger partial charge in [-0.15, -0.1) is 0 Å². The largest absolute Gasteiger partial charge is 0.468 e. The summed E-state index contributed by atoms with van der Waals surface area (Å²) < 4.78 is 29.9. The Kier molecular flexibility index (Phi) is 7.11. The second-order valence-corrected chi connectivity index (χ2v) is 9.17. The molecule has 0 saturated carbocycles. The molecule has 1 saturated heterocycles. The minimum atomic E-state index is -3.28. The summed E-state index contributed by atoms with van der Waals surface area (Å²) in [6, 6.07) is 12.4. The molecule has 2 amide bonds. The maximum Gasteiger partial charge on any atom is 0.314 e. The fourth-order valence-electron chi connectivity index (χ4n) is 3.42. The van der Waals surface area contributed by atoms with E-state index >= 15 is 0 Å². The van der Waals surface area contributed by atoms with Crippen LogP contribution in [0.15, 0.2) is 53.1 Å². The maximum absolute atomic E-state index is 12.2. The van der Waals surface area contributed by atoms with Crippen molar-refractivity contribution < 1.29 is 17.6 Å². The van der Waals surface area contributed by atoms with E-state index in [0.29, 0.717) is 6.54 Å². The van der Waals surface area contributed by atoms with Crippen molar-refractivity contribution in [2.75, 3.05) is 31.9 Å². The van der Waals surface area contributed by atoms with Crippen molar-refractivity contribution in [2.24, 2.45) is 0 Å². The second-order valence-electron chi connectivity index (χ2n) is 6.99. The van der Waals surface area contributed by atoms with E-state index in [9.17, 15) is 13.2 Å². The summed E-state index contributed by atoms with van der Waals surface area (Å²) in [4.78, 5) is 14.4. The molecule has 7 nitrogen and oxygen atoms in total. The molecule has 0 radical (unpaired) electrons. The quantitative estimate of drug-likeness (QED) is 0.668. The van der Waals surface area contributed by atoms with Gasteiger partial charge in [0, 0.05) is 13.1 Å².